The van der Waals surface area contributed by atoms with Crippen LogP contribution in [0.5, 0.6) is 0 Å². The standard InChI is InChI=1S/C31H30BrN3OS/c32-25-7-3-6-23(13-25)27-26(17-33)29(37)34-31(36,30-14-19-10-20(15-30)12-21(11-19)16-30)28(27)35-9-8-22-4-1-2-5-24(22)18-35/h1-9,13,18-21,27-28,33,36H,10-12,14-16H2/p+1. The van der Waals surface area contributed by atoms with E-state index < -0.39 is 5.72 Å². The molecule has 4 nitrogen and oxygen atoms in total. The van der Waals surface area contributed by atoms with E-state index in [0.29, 0.717) is 28.3 Å². The van der Waals surface area contributed by atoms with E-state index in [1.165, 1.54) is 24.6 Å². The van der Waals surface area contributed by atoms with E-state index >= 15 is 0 Å². The summed E-state index contributed by atoms with van der Waals surface area (Å²) in [6, 6.07) is 18.3. The van der Waals surface area contributed by atoms with Crippen molar-refractivity contribution in [3.63, 3.8) is 0 Å². The van der Waals surface area contributed by atoms with Gasteiger partial charge in [0.1, 0.15) is 4.99 Å². The molecular weight excluding hydrogens is 542 g/mol. The van der Waals surface area contributed by atoms with Crippen molar-refractivity contribution in [2.24, 2.45) is 23.2 Å². The van der Waals surface area contributed by atoms with E-state index in [1.54, 1.807) is 0 Å². The number of hydrogen-bond acceptors (Lipinski definition) is 3. The van der Waals surface area contributed by atoms with Crippen molar-refractivity contribution >= 4 is 49.8 Å². The van der Waals surface area contributed by atoms with E-state index in [-0.39, 0.29) is 17.4 Å². The second-order valence-corrected chi connectivity index (χ2v) is 13.3. The zero-order valence-corrected chi connectivity index (χ0v) is 23.1. The fraction of sp³-hybridized carbons (Fsp3) is 0.419. The molecule has 4 bridgehead atoms. The SMILES string of the molecule is N=C=C1C(=S)NC(O)(C23CC4CC(CC(C4)C2)C3)C([n+]2ccc3ccccc3c2)C1c1cccc(Br)c1. The number of thiocarbonyl (C=S) groups is 1. The highest BCUT2D eigenvalue weighted by Gasteiger charge is 2.69. The van der Waals surface area contributed by atoms with Crippen LogP contribution < -0.4 is 9.88 Å². The molecular formula is C31H31BrN3OS+. The largest absolute Gasteiger partial charge is 0.365 e. The molecule has 3 unspecified atom stereocenters. The summed E-state index contributed by atoms with van der Waals surface area (Å²) in [4.78, 5) is 0.455. The second-order valence-electron chi connectivity index (χ2n) is 12.0. The molecule has 4 aliphatic carbocycles. The first kappa shape index (κ1) is 23.7. The average Bonchev–Trinajstić information content (AvgIpc) is 2.87. The molecule has 0 radical (unpaired) electrons. The van der Waals surface area contributed by atoms with Gasteiger partial charge in [-0.15, -0.1) is 0 Å². The van der Waals surface area contributed by atoms with Crippen LogP contribution in [0.4, 0.5) is 0 Å². The van der Waals surface area contributed by atoms with Gasteiger partial charge in [-0.05, 0) is 91.3 Å². The number of fused-ring (bicyclic) bond motifs is 1. The zero-order valence-electron chi connectivity index (χ0n) is 20.7. The Kier molecular flexibility index (Phi) is 5.50. The Hall–Kier alpha value is -2.37. The highest BCUT2D eigenvalue weighted by atomic mass is 79.9. The minimum Gasteiger partial charge on any atom is -0.365 e. The Bertz CT molecular complexity index is 1440. The summed E-state index contributed by atoms with van der Waals surface area (Å²) in [6.07, 6.45) is 11.3. The van der Waals surface area contributed by atoms with Gasteiger partial charge < -0.3 is 10.4 Å². The zero-order chi connectivity index (χ0) is 25.4. The maximum absolute atomic E-state index is 13.2. The third kappa shape index (κ3) is 3.60. The van der Waals surface area contributed by atoms with Crippen molar-refractivity contribution in [3.8, 4) is 0 Å². The summed E-state index contributed by atoms with van der Waals surface area (Å²) in [5.41, 5.74) is 0.156. The van der Waals surface area contributed by atoms with E-state index in [2.05, 4.69) is 86.5 Å². The van der Waals surface area contributed by atoms with Gasteiger partial charge in [-0.2, -0.15) is 4.57 Å². The van der Waals surface area contributed by atoms with Crippen LogP contribution in [0.3, 0.4) is 0 Å². The van der Waals surface area contributed by atoms with E-state index in [4.69, 9.17) is 17.6 Å². The highest BCUT2D eigenvalue weighted by Crippen LogP contribution is 2.66. The topological polar surface area (TPSA) is 60.0 Å². The third-order valence-corrected chi connectivity index (χ3v) is 10.6. The normalized spacial score (nSPS) is 36.4. The van der Waals surface area contributed by atoms with Crippen LogP contribution in [0.25, 0.3) is 10.8 Å². The van der Waals surface area contributed by atoms with Crippen molar-refractivity contribution < 1.29 is 9.67 Å². The molecule has 1 aromatic heterocycles. The summed E-state index contributed by atoms with van der Waals surface area (Å²) >= 11 is 9.57. The molecule has 188 valence electrons. The minimum absolute atomic E-state index is 0.257. The number of nitrogens with one attached hydrogen (secondary N) is 2. The second kappa shape index (κ2) is 8.57. The minimum atomic E-state index is -1.25. The lowest BCUT2D eigenvalue weighted by molar-refractivity contribution is -0.744. The van der Waals surface area contributed by atoms with Crippen LogP contribution in [-0.4, -0.2) is 21.7 Å². The van der Waals surface area contributed by atoms with Crippen molar-refractivity contribution in [2.45, 2.75) is 56.2 Å². The number of aliphatic hydroxyl groups is 1. The van der Waals surface area contributed by atoms with Gasteiger partial charge in [-0.25, -0.2) is 0 Å². The number of rotatable bonds is 3. The van der Waals surface area contributed by atoms with Gasteiger partial charge in [-0.3, -0.25) is 5.41 Å². The van der Waals surface area contributed by atoms with Gasteiger partial charge in [0, 0.05) is 21.3 Å². The first-order valence-corrected chi connectivity index (χ1v) is 14.6. The highest BCUT2D eigenvalue weighted by molar-refractivity contribution is 9.10. The van der Waals surface area contributed by atoms with Gasteiger partial charge in [-0.1, -0.05) is 58.5 Å². The maximum atomic E-state index is 13.2. The number of benzene rings is 2. The number of halogens is 1. The summed E-state index contributed by atoms with van der Waals surface area (Å²) in [6.45, 7) is 0. The van der Waals surface area contributed by atoms with Crippen molar-refractivity contribution in [1.29, 1.82) is 5.41 Å². The number of hydrogen-bond donors (Lipinski definition) is 3. The van der Waals surface area contributed by atoms with Crippen LogP contribution >= 0.6 is 28.1 Å². The quantitative estimate of drug-likeness (QED) is 0.151. The van der Waals surface area contributed by atoms with Crippen LogP contribution in [0.15, 0.2) is 77.0 Å². The summed E-state index contributed by atoms with van der Waals surface area (Å²) in [5, 5.41) is 27.2. The van der Waals surface area contributed by atoms with E-state index in [9.17, 15) is 5.11 Å². The fourth-order valence-electron chi connectivity index (χ4n) is 8.77. The van der Waals surface area contributed by atoms with Gasteiger partial charge in [0.05, 0.1) is 11.5 Å². The average molecular weight is 574 g/mol. The predicted octanol–water partition coefficient (Wildman–Crippen LogP) is 6.23. The van der Waals surface area contributed by atoms with Crippen LogP contribution in [0.2, 0.25) is 0 Å². The number of aromatic nitrogens is 1. The van der Waals surface area contributed by atoms with Gasteiger partial charge in [0.15, 0.2) is 12.4 Å². The van der Waals surface area contributed by atoms with Crippen LogP contribution in [0, 0.1) is 28.6 Å². The monoisotopic (exact) mass is 572 g/mol. The smallest absolute Gasteiger partial charge is 0.217 e. The lowest BCUT2D eigenvalue weighted by atomic mass is 9.45. The van der Waals surface area contributed by atoms with Crippen molar-refractivity contribution in [1.82, 2.24) is 5.32 Å². The molecule has 3 atom stereocenters. The number of pyridine rings is 1. The molecule has 2 aromatic carbocycles. The number of nitrogens with zero attached hydrogens (tertiary/aromatic N) is 1. The first-order chi connectivity index (χ1) is 17.9. The van der Waals surface area contributed by atoms with E-state index in [0.717, 1.165) is 34.7 Å². The molecule has 37 heavy (non-hydrogen) atoms. The molecule has 4 saturated carbocycles. The summed E-state index contributed by atoms with van der Waals surface area (Å²) < 4.78 is 3.16. The van der Waals surface area contributed by atoms with Gasteiger partial charge in [0.25, 0.3) is 0 Å². The molecule has 1 saturated heterocycles. The predicted molar refractivity (Wildman–Crippen MR) is 153 cm³/mol. The molecule has 0 spiro atoms. The van der Waals surface area contributed by atoms with Crippen LogP contribution in [0.1, 0.15) is 56.0 Å². The molecule has 2 heterocycles. The lowest BCUT2D eigenvalue weighted by Gasteiger charge is -2.63. The lowest BCUT2D eigenvalue weighted by Crippen LogP contribution is -2.75. The summed E-state index contributed by atoms with van der Waals surface area (Å²) in [5.74, 6) is 4.41. The number of piperidine rings is 1. The molecule has 1 aliphatic heterocycles. The Labute approximate surface area is 231 Å². The van der Waals surface area contributed by atoms with E-state index in [1.807, 2.05) is 12.1 Å². The maximum Gasteiger partial charge on any atom is 0.217 e. The van der Waals surface area contributed by atoms with Gasteiger partial charge in [0.2, 0.25) is 11.8 Å². The Balaban J connectivity index is 1.48. The van der Waals surface area contributed by atoms with Crippen molar-refractivity contribution in [2.75, 3.05) is 0 Å². The molecule has 6 heteroatoms. The molecule has 0 amide bonds. The molecule has 5 aliphatic rings. The molecule has 8 rings (SSSR count). The summed E-state index contributed by atoms with van der Waals surface area (Å²) in [7, 11) is 0. The Morgan fingerprint density at radius 2 is 1.65 bits per heavy atom. The fourth-order valence-corrected chi connectivity index (χ4v) is 9.52. The Morgan fingerprint density at radius 3 is 2.30 bits per heavy atom. The first-order valence-electron chi connectivity index (χ1n) is 13.4. The molecule has 3 N–H and O–H groups in total. The Morgan fingerprint density at radius 1 is 0.973 bits per heavy atom. The van der Waals surface area contributed by atoms with Crippen LogP contribution in [-0.2, 0) is 0 Å². The molecule has 5 fully saturated rings. The van der Waals surface area contributed by atoms with Gasteiger partial charge >= 0.3 is 0 Å². The molecule has 3 aromatic rings. The third-order valence-electron chi connectivity index (χ3n) is 9.82. The van der Waals surface area contributed by atoms with Crippen molar-refractivity contribution in [3.05, 3.63) is 82.6 Å².